The normalized spacial score (nSPS) is 16.0. The van der Waals surface area contributed by atoms with E-state index in [9.17, 15) is 18.0 Å². The first-order valence-corrected chi connectivity index (χ1v) is 9.10. The standard InChI is InChI=1S/C18H18ClF3N6O/c1-10(11-4-2-3-5-12(11)18(20,21)22)25-13-6-7-28(9-14(13)26-23)15-8-24-27-17(29)16(15)19/h2-5,8,10,23,25H,6-7,9H2,1H3,(H,27,29). The van der Waals surface area contributed by atoms with Gasteiger partial charge in [0.05, 0.1) is 24.0 Å². The summed E-state index contributed by atoms with van der Waals surface area (Å²) in [6, 6.07) is 4.73. The largest absolute Gasteiger partial charge is 0.416 e. The van der Waals surface area contributed by atoms with Crippen LogP contribution in [0.15, 0.2) is 51.8 Å². The van der Waals surface area contributed by atoms with Crippen LogP contribution in [0.5, 0.6) is 0 Å². The number of anilines is 1. The van der Waals surface area contributed by atoms with Gasteiger partial charge < -0.3 is 10.2 Å². The van der Waals surface area contributed by atoms with E-state index in [1.807, 2.05) is 0 Å². The topological polar surface area (TPSA) is 97.2 Å². The van der Waals surface area contributed by atoms with Crippen molar-refractivity contribution in [2.24, 2.45) is 5.11 Å². The molecule has 2 aromatic rings. The van der Waals surface area contributed by atoms with Gasteiger partial charge in [0, 0.05) is 24.7 Å². The van der Waals surface area contributed by atoms with E-state index >= 15 is 0 Å². The van der Waals surface area contributed by atoms with Gasteiger partial charge in [-0.05, 0) is 18.6 Å². The number of aromatic amines is 1. The highest BCUT2D eigenvalue weighted by Gasteiger charge is 2.34. The van der Waals surface area contributed by atoms with Gasteiger partial charge in [-0.2, -0.15) is 23.4 Å². The van der Waals surface area contributed by atoms with Crippen molar-refractivity contribution in [2.45, 2.75) is 25.6 Å². The average molecular weight is 427 g/mol. The molecular weight excluding hydrogens is 409 g/mol. The summed E-state index contributed by atoms with van der Waals surface area (Å²) in [6.07, 6.45) is -2.66. The smallest absolute Gasteiger partial charge is 0.380 e. The molecule has 0 bridgehead atoms. The molecule has 3 rings (SSSR count). The Morgan fingerprint density at radius 1 is 1.38 bits per heavy atom. The van der Waals surface area contributed by atoms with Crippen LogP contribution in [-0.2, 0) is 6.18 Å². The van der Waals surface area contributed by atoms with Gasteiger partial charge in [-0.1, -0.05) is 29.8 Å². The maximum Gasteiger partial charge on any atom is 0.416 e. The van der Waals surface area contributed by atoms with E-state index in [0.717, 1.165) is 6.07 Å². The molecule has 0 saturated carbocycles. The molecule has 0 saturated heterocycles. The minimum atomic E-state index is -4.46. The highest BCUT2D eigenvalue weighted by Crippen LogP contribution is 2.35. The molecule has 1 aliphatic rings. The molecule has 7 nitrogen and oxygen atoms in total. The van der Waals surface area contributed by atoms with Crippen molar-refractivity contribution >= 4 is 17.3 Å². The molecule has 0 aliphatic carbocycles. The van der Waals surface area contributed by atoms with E-state index in [4.69, 9.17) is 17.1 Å². The van der Waals surface area contributed by atoms with Crippen LogP contribution in [0, 0.1) is 5.53 Å². The molecule has 1 aliphatic heterocycles. The lowest BCUT2D eigenvalue weighted by Gasteiger charge is -2.32. The van der Waals surface area contributed by atoms with E-state index in [0.29, 0.717) is 30.0 Å². The molecule has 1 aromatic carbocycles. The molecule has 0 amide bonds. The Labute approximate surface area is 169 Å². The molecule has 3 N–H and O–H groups in total. The Kier molecular flexibility index (Phi) is 5.92. The van der Waals surface area contributed by atoms with Crippen molar-refractivity contribution in [3.63, 3.8) is 0 Å². The van der Waals surface area contributed by atoms with Crippen LogP contribution >= 0.6 is 11.6 Å². The molecule has 0 spiro atoms. The number of aromatic nitrogens is 2. The fourth-order valence-electron chi connectivity index (χ4n) is 3.28. The summed E-state index contributed by atoms with van der Waals surface area (Å²) in [7, 11) is 0. The van der Waals surface area contributed by atoms with E-state index in [-0.39, 0.29) is 17.1 Å². The number of benzene rings is 1. The summed E-state index contributed by atoms with van der Waals surface area (Å²) in [5.74, 6) is 0. The van der Waals surface area contributed by atoms with Crippen LogP contribution < -0.4 is 15.8 Å². The zero-order chi connectivity index (χ0) is 21.2. The summed E-state index contributed by atoms with van der Waals surface area (Å²) < 4.78 is 39.9. The van der Waals surface area contributed by atoms with Crippen LogP contribution in [0.25, 0.3) is 0 Å². The zero-order valence-electron chi connectivity index (χ0n) is 15.3. The number of hydrogen-bond acceptors (Lipinski definition) is 6. The lowest BCUT2D eigenvalue weighted by molar-refractivity contribution is -0.138. The van der Waals surface area contributed by atoms with Gasteiger partial charge in [0.25, 0.3) is 5.56 Å². The maximum absolute atomic E-state index is 13.3. The number of H-pyrrole nitrogens is 1. The Balaban J connectivity index is 1.85. The minimum absolute atomic E-state index is 0.0202. The van der Waals surface area contributed by atoms with E-state index in [1.165, 1.54) is 18.3 Å². The third kappa shape index (κ3) is 4.42. The monoisotopic (exact) mass is 426 g/mol. The predicted molar refractivity (Wildman–Crippen MR) is 102 cm³/mol. The highest BCUT2D eigenvalue weighted by molar-refractivity contribution is 6.33. The van der Waals surface area contributed by atoms with Gasteiger partial charge in [0.1, 0.15) is 10.7 Å². The molecule has 29 heavy (non-hydrogen) atoms. The number of halogens is 4. The second-order valence-electron chi connectivity index (χ2n) is 6.56. The van der Waals surface area contributed by atoms with Crippen LogP contribution in [0.4, 0.5) is 18.9 Å². The number of hydrogen-bond donors (Lipinski definition) is 3. The molecule has 11 heteroatoms. The molecule has 2 heterocycles. The fourth-order valence-corrected chi connectivity index (χ4v) is 3.49. The predicted octanol–water partition coefficient (Wildman–Crippen LogP) is 4.25. The van der Waals surface area contributed by atoms with Gasteiger partial charge in [-0.15, -0.1) is 0 Å². The summed E-state index contributed by atoms with van der Waals surface area (Å²) >= 11 is 6.04. The zero-order valence-corrected chi connectivity index (χ0v) is 16.1. The molecule has 1 unspecified atom stereocenters. The quantitative estimate of drug-likeness (QED) is 0.623. The first kappa shape index (κ1) is 20.8. The van der Waals surface area contributed by atoms with Gasteiger partial charge in [-0.25, -0.2) is 10.6 Å². The van der Waals surface area contributed by atoms with E-state index in [1.54, 1.807) is 17.9 Å². The van der Waals surface area contributed by atoms with Gasteiger partial charge in [0.15, 0.2) is 0 Å². The number of nitrogens with zero attached hydrogens (tertiary/aromatic N) is 3. The lowest BCUT2D eigenvalue weighted by atomic mass is 10.00. The van der Waals surface area contributed by atoms with Crippen LogP contribution in [0.3, 0.4) is 0 Å². The number of alkyl halides is 3. The molecule has 1 atom stereocenters. The first-order valence-electron chi connectivity index (χ1n) is 8.72. The number of rotatable bonds is 5. The van der Waals surface area contributed by atoms with Gasteiger partial charge in [0.2, 0.25) is 0 Å². The first-order chi connectivity index (χ1) is 13.7. The van der Waals surface area contributed by atoms with E-state index < -0.39 is 23.3 Å². The Morgan fingerprint density at radius 3 is 2.79 bits per heavy atom. The van der Waals surface area contributed by atoms with Crippen molar-refractivity contribution in [3.8, 4) is 0 Å². The average Bonchev–Trinajstić information content (AvgIpc) is 2.69. The Bertz CT molecular complexity index is 1000. The third-order valence-electron chi connectivity index (χ3n) is 4.70. The summed E-state index contributed by atoms with van der Waals surface area (Å²) in [4.78, 5) is 13.4. The molecule has 1 aromatic heterocycles. The Hall–Kier alpha value is -2.88. The fraction of sp³-hybridized carbons (Fsp3) is 0.333. The second kappa shape index (κ2) is 8.24. The lowest BCUT2D eigenvalue weighted by Crippen LogP contribution is -2.36. The Morgan fingerprint density at radius 2 is 2.10 bits per heavy atom. The summed E-state index contributed by atoms with van der Waals surface area (Å²) in [5, 5.41) is 12.5. The van der Waals surface area contributed by atoms with Crippen molar-refractivity contribution in [1.82, 2.24) is 15.5 Å². The van der Waals surface area contributed by atoms with Crippen molar-refractivity contribution < 1.29 is 13.2 Å². The van der Waals surface area contributed by atoms with Crippen molar-refractivity contribution in [3.05, 3.63) is 68.4 Å². The van der Waals surface area contributed by atoms with E-state index in [2.05, 4.69) is 20.6 Å². The molecule has 0 fully saturated rings. The molecule has 0 radical (unpaired) electrons. The molecule has 154 valence electrons. The van der Waals surface area contributed by atoms with Crippen LogP contribution in [-0.4, -0.2) is 23.3 Å². The number of nitrogens with one attached hydrogen (secondary N) is 3. The maximum atomic E-state index is 13.3. The molecular formula is C18H18ClF3N6O. The van der Waals surface area contributed by atoms with Crippen molar-refractivity contribution in [1.29, 1.82) is 5.53 Å². The second-order valence-corrected chi connectivity index (χ2v) is 6.94. The SMILES string of the molecule is CC(NC1=C(N=N)CN(c2cn[nH]c(=O)c2Cl)CC1)c1ccccc1C(F)(F)F. The summed E-state index contributed by atoms with van der Waals surface area (Å²) in [6.45, 7) is 2.23. The minimum Gasteiger partial charge on any atom is -0.380 e. The third-order valence-corrected chi connectivity index (χ3v) is 5.06. The van der Waals surface area contributed by atoms with Crippen LogP contribution in [0.2, 0.25) is 5.02 Å². The summed E-state index contributed by atoms with van der Waals surface area (Å²) in [5.41, 5.74) is 7.69. The van der Waals surface area contributed by atoms with Crippen molar-refractivity contribution in [2.75, 3.05) is 18.0 Å². The highest BCUT2D eigenvalue weighted by atomic mass is 35.5. The van der Waals surface area contributed by atoms with Gasteiger partial charge >= 0.3 is 6.18 Å². The van der Waals surface area contributed by atoms with Gasteiger partial charge in [-0.3, -0.25) is 4.79 Å². The van der Waals surface area contributed by atoms with Crippen LogP contribution in [0.1, 0.15) is 30.5 Å².